The topological polar surface area (TPSA) is 73.2 Å². The SMILES string of the molecule is CC1(C)CC(O)(c2nccs2)CCC1C(=O)[O-]. The number of carboxylic acid groups (broad SMARTS) is 1. The van der Waals surface area contributed by atoms with Crippen LogP contribution in [0.15, 0.2) is 11.6 Å². The number of carbonyl (C=O) groups excluding carboxylic acids is 1. The summed E-state index contributed by atoms with van der Waals surface area (Å²) in [6, 6.07) is 0. The van der Waals surface area contributed by atoms with E-state index < -0.39 is 22.9 Å². The summed E-state index contributed by atoms with van der Waals surface area (Å²) in [5, 5.41) is 24.2. The van der Waals surface area contributed by atoms with Crippen LogP contribution in [0, 0.1) is 11.3 Å². The summed E-state index contributed by atoms with van der Waals surface area (Å²) < 4.78 is 0. The third-order valence-electron chi connectivity index (χ3n) is 3.65. The third-order valence-corrected chi connectivity index (χ3v) is 4.62. The number of nitrogens with zero attached hydrogens (tertiary/aromatic N) is 1. The molecule has 94 valence electrons. The molecule has 2 rings (SSSR count). The van der Waals surface area contributed by atoms with Crippen molar-refractivity contribution < 1.29 is 15.0 Å². The van der Waals surface area contributed by atoms with Crippen molar-refractivity contribution in [3.63, 3.8) is 0 Å². The van der Waals surface area contributed by atoms with Gasteiger partial charge >= 0.3 is 0 Å². The van der Waals surface area contributed by atoms with E-state index in [-0.39, 0.29) is 0 Å². The van der Waals surface area contributed by atoms with Gasteiger partial charge in [0.25, 0.3) is 0 Å². The van der Waals surface area contributed by atoms with Crippen molar-refractivity contribution in [2.24, 2.45) is 11.3 Å². The van der Waals surface area contributed by atoms with Gasteiger partial charge in [0.05, 0.1) is 0 Å². The summed E-state index contributed by atoms with van der Waals surface area (Å²) >= 11 is 1.41. The number of thiazole rings is 1. The van der Waals surface area contributed by atoms with Crippen LogP contribution in [0.2, 0.25) is 0 Å². The highest BCUT2D eigenvalue weighted by atomic mass is 32.1. The largest absolute Gasteiger partial charge is 0.550 e. The minimum Gasteiger partial charge on any atom is -0.550 e. The average molecular weight is 254 g/mol. The molecule has 2 atom stereocenters. The molecule has 0 bridgehead atoms. The van der Waals surface area contributed by atoms with E-state index in [0.29, 0.717) is 24.3 Å². The highest BCUT2D eigenvalue weighted by molar-refractivity contribution is 7.09. The Bertz CT molecular complexity index is 415. The van der Waals surface area contributed by atoms with Crippen LogP contribution in [0.25, 0.3) is 0 Å². The standard InChI is InChI=1S/C12H17NO3S/c1-11(2)7-12(16,10-13-5-6-17-10)4-3-8(11)9(14)15/h5-6,8,16H,3-4,7H2,1-2H3,(H,14,15)/p-1. The van der Waals surface area contributed by atoms with Crippen LogP contribution in [0.3, 0.4) is 0 Å². The van der Waals surface area contributed by atoms with Gasteiger partial charge < -0.3 is 15.0 Å². The maximum absolute atomic E-state index is 11.1. The van der Waals surface area contributed by atoms with E-state index in [1.54, 1.807) is 6.20 Å². The minimum absolute atomic E-state index is 0.409. The first-order valence-electron chi connectivity index (χ1n) is 5.68. The minimum atomic E-state index is -1.02. The van der Waals surface area contributed by atoms with Crippen LogP contribution in [0.5, 0.6) is 0 Å². The molecule has 17 heavy (non-hydrogen) atoms. The van der Waals surface area contributed by atoms with Gasteiger partial charge in [-0.1, -0.05) is 13.8 Å². The molecule has 1 aromatic heterocycles. The summed E-state index contributed by atoms with van der Waals surface area (Å²) in [6.07, 6.45) is 2.94. The zero-order valence-electron chi connectivity index (χ0n) is 9.97. The lowest BCUT2D eigenvalue weighted by Gasteiger charge is -2.46. The predicted molar refractivity (Wildman–Crippen MR) is 62.1 cm³/mol. The number of hydrogen-bond acceptors (Lipinski definition) is 5. The van der Waals surface area contributed by atoms with E-state index in [0.717, 1.165) is 0 Å². The summed E-state index contributed by atoms with van der Waals surface area (Å²) in [4.78, 5) is 15.2. The molecule has 1 aliphatic carbocycles. The van der Waals surface area contributed by atoms with E-state index in [1.165, 1.54) is 11.3 Å². The average Bonchev–Trinajstić information content (AvgIpc) is 2.67. The van der Waals surface area contributed by atoms with Gasteiger partial charge in [0.15, 0.2) is 0 Å². The fourth-order valence-corrected chi connectivity index (χ4v) is 3.58. The lowest BCUT2D eigenvalue weighted by molar-refractivity contribution is -0.317. The Balaban J connectivity index is 2.25. The van der Waals surface area contributed by atoms with Gasteiger partial charge in [-0.2, -0.15) is 0 Å². The van der Waals surface area contributed by atoms with Crippen LogP contribution in [-0.4, -0.2) is 16.1 Å². The number of rotatable bonds is 2. The Hall–Kier alpha value is -0.940. The Labute approximate surface area is 104 Å². The second-order valence-corrected chi connectivity index (χ2v) is 6.34. The van der Waals surface area contributed by atoms with Crippen molar-refractivity contribution in [2.75, 3.05) is 0 Å². The molecule has 0 aromatic carbocycles. The van der Waals surface area contributed by atoms with Crippen molar-refractivity contribution >= 4 is 17.3 Å². The molecule has 2 unspecified atom stereocenters. The first kappa shape index (κ1) is 12.5. The molecule has 1 N–H and O–H groups in total. The van der Waals surface area contributed by atoms with Crippen molar-refractivity contribution in [1.29, 1.82) is 0 Å². The summed E-state index contributed by atoms with van der Waals surface area (Å²) in [5.74, 6) is -1.51. The summed E-state index contributed by atoms with van der Waals surface area (Å²) in [7, 11) is 0. The number of hydrogen-bond donors (Lipinski definition) is 1. The van der Waals surface area contributed by atoms with Crippen molar-refractivity contribution in [3.05, 3.63) is 16.6 Å². The zero-order chi connectivity index (χ0) is 12.7. The number of carbonyl (C=O) groups is 1. The molecule has 1 heterocycles. The van der Waals surface area contributed by atoms with Crippen molar-refractivity contribution in [1.82, 2.24) is 4.98 Å². The molecule has 0 radical (unpaired) electrons. The fourth-order valence-electron chi connectivity index (χ4n) is 2.81. The number of carboxylic acids is 1. The van der Waals surface area contributed by atoms with Crippen LogP contribution < -0.4 is 5.11 Å². The lowest BCUT2D eigenvalue weighted by atomic mass is 9.63. The highest BCUT2D eigenvalue weighted by Gasteiger charge is 2.46. The van der Waals surface area contributed by atoms with Gasteiger partial charge in [-0.05, 0) is 24.7 Å². The molecule has 1 aromatic rings. The summed E-state index contributed by atoms with van der Waals surface area (Å²) in [6.45, 7) is 3.73. The normalized spacial score (nSPS) is 32.3. The molecule has 1 saturated carbocycles. The number of aliphatic carboxylic acids is 1. The van der Waals surface area contributed by atoms with Crippen LogP contribution in [0.1, 0.15) is 38.1 Å². The first-order valence-corrected chi connectivity index (χ1v) is 6.56. The first-order chi connectivity index (χ1) is 7.85. The van der Waals surface area contributed by atoms with Gasteiger partial charge in [-0.3, -0.25) is 0 Å². The number of aromatic nitrogens is 1. The Morgan fingerprint density at radius 2 is 2.35 bits per heavy atom. The molecular formula is C12H16NO3S-. The van der Waals surface area contributed by atoms with Crippen LogP contribution in [0.4, 0.5) is 0 Å². The fraction of sp³-hybridized carbons (Fsp3) is 0.667. The molecular weight excluding hydrogens is 238 g/mol. The molecule has 4 nitrogen and oxygen atoms in total. The van der Waals surface area contributed by atoms with E-state index in [2.05, 4.69) is 4.98 Å². The smallest absolute Gasteiger partial charge is 0.124 e. The maximum atomic E-state index is 11.1. The van der Waals surface area contributed by atoms with E-state index >= 15 is 0 Å². The monoisotopic (exact) mass is 254 g/mol. The second-order valence-electron chi connectivity index (χ2n) is 5.44. The van der Waals surface area contributed by atoms with Crippen LogP contribution >= 0.6 is 11.3 Å². The van der Waals surface area contributed by atoms with E-state index in [9.17, 15) is 15.0 Å². The Morgan fingerprint density at radius 3 is 2.82 bits per heavy atom. The maximum Gasteiger partial charge on any atom is 0.124 e. The molecule has 0 saturated heterocycles. The van der Waals surface area contributed by atoms with Crippen molar-refractivity contribution in [3.8, 4) is 0 Å². The van der Waals surface area contributed by atoms with Gasteiger partial charge in [0.2, 0.25) is 0 Å². The molecule has 0 amide bonds. The number of aliphatic hydroxyl groups is 1. The summed E-state index contributed by atoms with van der Waals surface area (Å²) in [5.41, 5.74) is -1.46. The lowest BCUT2D eigenvalue weighted by Crippen LogP contribution is -2.48. The van der Waals surface area contributed by atoms with Gasteiger partial charge in [0, 0.05) is 23.5 Å². The second kappa shape index (κ2) is 4.07. The van der Waals surface area contributed by atoms with Crippen molar-refractivity contribution in [2.45, 2.75) is 38.7 Å². The molecule has 1 fully saturated rings. The van der Waals surface area contributed by atoms with E-state index in [1.807, 2.05) is 19.2 Å². The molecule has 5 heteroatoms. The third kappa shape index (κ3) is 2.21. The highest BCUT2D eigenvalue weighted by Crippen LogP contribution is 2.49. The van der Waals surface area contributed by atoms with E-state index in [4.69, 9.17) is 0 Å². The predicted octanol–water partition coefficient (Wildman–Crippen LogP) is 0.907. The zero-order valence-corrected chi connectivity index (χ0v) is 10.8. The van der Waals surface area contributed by atoms with Gasteiger partial charge in [0.1, 0.15) is 10.6 Å². The quantitative estimate of drug-likeness (QED) is 0.851. The Kier molecular flexibility index (Phi) is 2.99. The molecule has 0 aliphatic heterocycles. The van der Waals surface area contributed by atoms with Gasteiger partial charge in [-0.25, -0.2) is 4.98 Å². The molecule has 0 spiro atoms. The Morgan fingerprint density at radius 1 is 1.65 bits per heavy atom. The van der Waals surface area contributed by atoms with Gasteiger partial charge in [-0.15, -0.1) is 11.3 Å². The molecule has 1 aliphatic rings. The van der Waals surface area contributed by atoms with Crippen LogP contribution in [-0.2, 0) is 10.4 Å².